The molecule has 9 heavy (non-hydrogen) atoms. The van der Waals surface area contributed by atoms with Gasteiger partial charge in [-0.15, -0.1) is 0 Å². The second-order valence-electron chi connectivity index (χ2n) is 1.24. The van der Waals surface area contributed by atoms with Gasteiger partial charge in [0.15, 0.2) is 0 Å². The second kappa shape index (κ2) is 3.88. The Labute approximate surface area is 52.1 Å². The molecule has 0 rings (SSSR count). The molecule has 0 aromatic rings. The molecule has 0 aromatic heterocycles. The summed E-state index contributed by atoms with van der Waals surface area (Å²) in [5.74, 6) is 0. The van der Waals surface area contributed by atoms with E-state index in [9.17, 15) is 4.79 Å². The maximum absolute atomic E-state index is 10.2. The van der Waals surface area contributed by atoms with Gasteiger partial charge in [0.05, 0.1) is 0 Å². The Morgan fingerprint density at radius 3 is 2.67 bits per heavy atom. The second-order valence-corrected chi connectivity index (χ2v) is 1.24. The fraction of sp³-hybridized carbons (Fsp3) is 0.250. The highest BCUT2D eigenvalue weighted by molar-refractivity contribution is 5.72. The van der Waals surface area contributed by atoms with Gasteiger partial charge in [0.25, 0.3) is 0 Å². The molecule has 52 valence electrons. The number of hydrogen-bond acceptors (Lipinski definition) is 3. The zero-order chi connectivity index (χ0) is 7.28. The highest BCUT2D eigenvalue weighted by Gasteiger charge is 2.02. The summed E-state index contributed by atoms with van der Waals surface area (Å²) in [7, 11) is 0. The van der Waals surface area contributed by atoms with Gasteiger partial charge in [0.1, 0.15) is 0 Å². The predicted octanol–water partition coefficient (Wildman–Crippen LogP) is 0.310. The third-order valence-corrected chi connectivity index (χ3v) is 0.594. The van der Waals surface area contributed by atoms with Crippen molar-refractivity contribution in [3.63, 3.8) is 0 Å². The van der Waals surface area contributed by atoms with Crippen LogP contribution < -0.4 is 5.48 Å². The molecule has 0 heterocycles. The van der Waals surface area contributed by atoms with Crippen LogP contribution in [-0.2, 0) is 0 Å². The van der Waals surface area contributed by atoms with Crippen molar-refractivity contribution >= 4 is 6.03 Å². The molecule has 0 saturated heterocycles. The monoisotopic (exact) mass is 132 g/mol. The van der Waals surface area contributed by atoms with Gasteiger partial charge >= 0.3 is 6.03 Å². The summed E-state index contributed by atoms with van der Waals surface area (Å²) in [6, 6.07) is -0.992. The van der Waals surface area contributed by atoms with E-state index in [1.165, 1.54) is 11.6 Å². The minimum atomic E-state index is -0.992. The van der Waals surface area contributed by atoms with Crippen molar-refractivity contribution in [2.45, 2.75) is 6.92 Å². The molecule has 0 fully saturated rings. The number of carbonyl (C=O) groups is 1. The first-order valence-electron chi connectivity index (χ1n) is 2.27. The Balaban J connectivity index is 3.72. The lowest BCUT2D eigenvalue weighted by Gasteiger charge is -2.05. The SMILES string of the molecule is CC=CN(O)C(=O)NO. The summed E-state index contributed by atoms with van der Waals surface area (Å²) in [6.07, 6.45) is 2.53. The van der Waals surface area contributed by atoms with Crippen LogP contribution in [0.2, 0.25) is 0 Å². The van der Waals surface area contributed by atoms with E-state index in [1.54, 1.807) is 6.92 Å². The molecule has 0 spiro atoms. The highest BCUT2D eigenvalue weighted by atomic mass is 16.5. The quantitative estimate of drug-likeness (QED) is 0.355. The third-order valence-electron chi connectivity index (χ3n) is 0.594. The molecule has 0 saturated carbocycles. The van der Waals surface area contributed by atoms with E-state index in [2.05, 4.69) is 0 Å². The number of hydroxylamine groups is 3. The van der Waals surface area contributed by atoms with Gasteiger partial charge in [-0.3, -0.25) is 10.4 Å². The van der Waals surface area contributed by atoms with E-state index in [1.807, 2.05) is 0 Å². The van der Waals surface area contributed by atoms with Crippen molar-refractivity contribution in [1.29, 1.82) is 0 Å². The fourth-order valence-electron chi connectivity index (χ4n) is 0.260. The van der Waals surface area contributed by atoms with E-state index < -0.39 is 6.03 Å². The summed E-state index contributed by atoms with van der Waals surface area (Å²) < 4.78 is 0. The molecular formula is C4H8N2O3. The maximum Gasteiger partial charge on any atom is 0.369 e. The molecule has 0 aromatic carbocycles. The summed E-state index contributed by atoms with van der Waals surface area (Å²) in [5, 5.41) is 16.6. The van der Waals surface area contributed by atoms with Crippen LogP contribution in [0.4, 0.5) is 4.79 Å². The molecule has 2 amide bonds. The smallest absolute Gasteiger partial charge is 0.287 e. The number of hydrogen-bond donors (Lipinski definition) is 3. The molecule has 0 aliphatic rings. The summed E-state index contributed by atoms with van der Waals surface area (Å²) in [6.45, 7) is 1.62. The van der Waals surface area contributed by atoms with E-state index >= 15 is 0 Å². The van der Waals surface area contributed by atoms with Crippen LogP contribution in [-0.4, -0.2) is 21.5 Å². The van der Waals surface area contributed by atoms with Gasteiger partial charge < -0.3 is 0 Å². The predicted molar refractivity (Wildman–Crippen MR) is 28.8 cm³/mol. The first-order chi connectivity index (χ1) is 4.22. The van der Waals surface area contributed by atoms with E-state index in [0.717, 1.165) is 6.20 Å². The van der Waals surface area contributed by atoms with Gasteiger partial charge in [-0.1, -0.05) is 6.08 Å². The molecule has 0 aliphatic carbocycles. The minimum Gasteiger partial charge on any atom is -0.287 e. The number of nitrogens with zero attached hydrogens (tertiary/aromatic N) is 1. The Morgan fingerprint density at radius 2 is 2.33 bits per heavy atom. The number of urea groups is 1. The average molecular weight is 132 g/mol. The first kappa shape index (κ1) is 7.93. The molecule has 0 unspecified atom stereocenters. The van der Waals surface area contributed by atoms with Crippen molar-refractivity contribution in [2.75, 3.05) is 0 Å². The first-order valence-corrected chi connectivity index (χ1v) is 2.27. The molecule has 5 heteroatoms. The number of allylic oxidation sites excluding steroid dienone is 1. The van der Waals surface area contributed by atoms with Crippen molar-refractivity contribution < 1.29 is 15.2 Å². The van der Waals surface area contributed by atoms with Crippen LogP contribution in [0.3, 0.4) is 0 Å². The Hall–Kier alpha value is -1.07. The third kappa shape index (κ3) is 2.68. The largest absolute Gasteiger partial charge is 0.369 e. The zero-order valence-corrected chi connectivity index (χ0v) is 4.90. The molecule has 5 nitrogen and oxygen atoms in total. The molecule has 0 bridgehead atoms. The zero-order valence-electron chi connectivity index (χ0n) is 4.90. The lowest BCUT2D eigenvalue weighted by Crippen LogP contribution is -2.31. The van der Waals surface area contributed by atoms with E-state index in [0.29, 0.717) is 0 Å². The van der Waals surface area contributed by atoms with Gasteiger partial charge in [-0.2, -0.15) is 5.06 Å². The van der Waals surface area contributed by atoms with Crippen molar-refractivity contribution in [2.24, 2.45) is 0 Å². The Bertz CT molecular complexity index is 123. The summed E-state index contributed by atoms with van der Waals surface area (Å²) in [4.78, 5) is 10.2. The van der Waals surface area contributed by atoms with Gasteiger partial charge in [-0.05, 0) is 6.92 Å². The minimum absolute atomic E-state index is 0.222. The lowest BCUT2D eigenvalue weighted by molar-refractivity contribution is -0.0130. The number of rotatable bonds is 1. The van der Waals surface area contributed by atoms with Crippen LogP contribution in [0, 0.1) is 0 Å². The Kier molecular flexibility index (Phi) is 3.41. The molecule has 0 atom stereocenters. The van der Waals surface area contributed by atoms with Crippen LogP contribution >= 0.6 is 0 Å². The van der Waals surface area contributed by atoms with Crippen molar-refractivity contribution in [3.8, 4) is 0 Å². The number of nitrogens with one attached hydrogen (secondary N) is 1. The van der Waals surface area contributed by atoms with Crippen molar-refractivity contribution in [3.05, 3.63) is 12.3 Å². The number of amides is 2. The molecule has 3 N–H and O–H groups in total. The van der Waals surface area contributed by atoms with Crippen LogP contribution in [0.1, 0.15) is 6.92 Å². The molecular weight excluding hydrogens is 124 g/mol. The highest BCUT2D eigenvalue weighted by Crippen LogP contribution is 1.82. The van der Waals surface area contributed by atoms with Gasteiger partial charge in [-0.25, -0.2) is 10.3 Å². The van der Waals surface area contributed by atoms with Crippen LogP contribution in [0.15, 0.2) is 12.3 Å². The Morgan fingerprint density at radius 1 is 1.78 bits per heavy atom. The standard InChI is InChI=1S/C4H8N2O3/c1-2-3-6(9)4(7)5-8/h2-3,8-9H,1H3,(H,5,7). The van der Waals surface area contributed by atoms with Crippen LogP contribution in [0.25, 0.3) is 0 Å². The summed E-state index contributed by atoms with van der Waals surface area (Å²) in [5.41, 5.74) is 1.24. The molecule has 0 aliphatic heterocycles. The van der Waals surface area contributed by atoms with E-state index in [-0.39, 0.29) is 5.06 Å². The van der Waals surface area contributed by atoms with Crippen LogP contribution in [0.5, 0.6) is 0 Å². The van der Waals surface area contributed by atoms with Gasteiger partial charge in [0, 0.05) is 6.20 Å². The lowest BCUT2D eigenvalue weighted by atomic mass is 10.7. The summed E-state index contributed by atoms with van der Waals surface area (Å²) >= 11 is 0. The maximum atomic E-state index is 10.2. The normalized spacial score (nSPS) is 9.67. The topological polar surface area (TPSA) is 72.8 Å². The molecule has 0 radical (unpaired) electrons. The number of carbonyl (C=O) groups excluding carboxylic acids is 1. The average Bonchev–Trinajstić information content (AvgIpc) is 1.87. The van der Waals surface area contributed by atoms with E-state index in [4.69, 9.17) is 10.4 Å². The van der Waals surface area contributed by atoms with Gasteiger partial charge in [0.2, 0.25) is 0 Å². The fourth-order valence-corrected chi connectivity index (χ4v) is 0.260. The van der Waals surface area contributed by atoms with Crippen molar-refractivity contribution in [1.82, 2.24) is 10.5 Å².